The first-order valence-corrected chi connectivity index (χ1v) is 7.86. The first kappa shape index (κ1) is 17.2. The topological polar surface area (TPSA) is 59.2 Å². The number of carbonyl (C=O) groups excluding carboxylic acids is 1. The van der Waals surface area contributed by atoms with Crippen molar-refractivity contribution in [3.05, 3.63) is 53.8 Å². The second-order valence-corrected chi connectivity index (χ2v) is 5.79. The molecule has 1 aromatic heterocycles. The molecule has 2 aromatic rings. The summed E-state index contributed by atoms with van der Waals surface area (Å²) in [6.45, 7) is 0.874. The first-order chi connectivity index (χ1) is 11.9. The highest BCUT2D eigenvalue weighted by atomic mass is 19.4. The minimum atomic E-state index is -4.63. The van der Waals surface area contributed by atoms with Gasteiger partial charge in [0.05, 0.1) is 0 Å². The molecule has 0 spiro atoms. The molecule has 5 nitrogen and oxygen atoms in total. The van der Waals surface area contributed by atoms with E-state index in [0.717, 1.165) is 5.56 Å². The fraction of sp³-hybridized carbons (Fsp3) is 0.353. The Morgan fingerprint density at radius 2 is 1.84 bits per heavy atom. The SMILES string of the molecule is O=C(C=Cc1ccccc1)N1CCC(c2nnc(C(F)(F)F)o2)CC1. The lowest BCUT2D eigenvalue weighted by atomic mass is 9.97. The van der Waals surface area contributed by atoms with Crippen molar-refractivity contribution >= 4 is 12.0 Å². The lowest BCUT2D eigenvalue weighted by Crippen LogP contribution is -2.36. The average Bonchev–Trinajstić information content (AvgIpc) is 3.11. The van der Waals surface area contributed by atoms with Crippen LogP contribution in [0.25, 0.3) is 6.08 Å². The van der Waals surface area contributed by atoms with Crippen molar-refractivity contribution in [1.82, 2.24) is 15.1 Å². The Kier molecular flexibility index (Phi) is 4.87. The molecule has 25 heavy (non-hydrogen) atoms. The molecule has 0 saturated carbocycles. The van der Waals surface area contributed by atoms with E-state index >= 15 is 0 Å². The molecule has 3 rings (SSSR count). The van der Waals surface area contributed by atoms with Gasteiger partial charge in [0.15, 0.2) is 0 Å². The van der Waals surface area contributed by atoms with Crippen LogP contribution in [0.3, 0.4) is 0 Å². The number of aromatic nitrogens is 2. The Balaban J connectivity index is 1.55. The monoisotopic (exact) mass is 351 g/mol. The molecule has 8 heteroatoms. The minimum Gasteiger partial charge on any atom is -0.417 e. The van der Waals surface area contributed by atoms with Gasteiger partial charge in [-0.1, -0.05) is 30.3 Å². The highest BCUT2D eigenvalue weighted by molar-refractivity contribution is 5.91. The lowest BCUT2D eigenvalue weighted by Gasteiger charge is -2.29. The Morgan fingerprint density at radius 3 is 2.44 bits per heavy atom. The van der Waals surface area contributed by atoms with Gasteiger partial charge in [-0.3, -0.25) is 4.79 Å². The summed E-state index contributed by atoms with van der Waals surface area (Å²) in [6.07, 6.45) is -0.412. The van der Waals surface area contributed by atoms with E-state index in [-0.39, 0.29) is 17.7 Å². The number of nitrogens with zero attached hydrogens (tertiary/aromatic N) is 3. The minimum absolute atomic E-state index is 0.0146. The van der Waals surface area contributed by atoms with Crippen molar-refractivity contribution < 1.29 is 22.4 Å². The van der Waals surface area contributed by atoms with Crippen LogP contribution in [-0.2, 0) is 11.0 Å². The van der Waals surface area contributed by atoms with Gasteiger partial charge < -0.3 is 9.32 Å². The summed E-state index contributed by atoms with van der Waals surface area (Å²) in [5.41, 5.74) is 0.927. The van der Waals surface area contributed by atoms with Crippen molar-refractivity contribution in [3.63, 3.8) is 0 Å². The molecule has 1 aromatic carbocycles. The molecular weight excluding hydrogens is 335 g/mol. The van der Waals surface area contributed by atoms with Crippen LogP contribution in [0.4, 0.5) is 13.2 Å². The van der Waals surface area contributed by atoms with Crippen LogP contribution in [0.2, 0.25) is 0 Å². The lowest BCUT2D eigenvalue weighted by molar-refractivity contribution is -0.157. The van der Waals surface area contributed by atoms with Crippen molar-refractivity contribution in [2.24, 2.45) is 0 Å². The second kappa shape index (κ2) is 7.08. The molecule has 1 amide bonds. The second-order valence-electron chi connectivity index (χ2n) is 5.79. The standard InChI is InChI=1S/C17H16F3N3O2/c18-17(19,20)16-22-21-15(25-16)13-8-10-23(11-9-13)14(24)7-6-12-4-2-1-3-5-12/h1-7,13H,8-11H2. The zero-order chi connectivity index (χ0) is 17.9. The Morgan fingerprint density at radius 1 is 1.16 bits per heavy atom. The van der Waals surface area contributed by atoms with Crippen molar-refractivity contribution in [2.75, 3.05) is 13.1 Å². The van der Waals surface area contributed by atoms with E-state index in [1.165, 1.54) is 6.08 Å². The number of rotatable bonds is 3. The average molecular weight is 351 g/mol. The summed E-state index contributed by atoms with van der Waals surface area (Å²) < 4.78 is 42.2. The molecule has 0 bridgehead atoms. The van der Waals surface area contributed by atoms with Crippen LogP contribution in [0, 0.1) is 0 Å². The predicted octanol–water partition coefficient (Wildman–Crippen LogP) is 3.51. The fourth-order valence-corrected chi connectivity index (χ4v) is 2.70. The third kappa shape index (κ3) is 4.26. The van der Waals surface area contributed by atoms with Gasteiger partial charge in [-0.2, -0.15) is 13.2 Å². The zero-order valence-corrected chi connectivity index (χ0v) is 13.2. The molecule has 1 aliphatic heterocycles. The van der Waals surface area contributed by atoms with Crippen molar-refractivity contribution in [1.29, 1.82) is 0 Å². The third-order valence-electron chi connectivity index (χ3n) is 4.06. The summed E-state index contributed by atoms with van der Waals surface area (Å²) in [6, 6.07) is 9.45. The maximum Gasteiger partial charge on any atom is 0.470 e. The third-order valence-corrected chi connectivity index (χ3v) is 4.06. The summed E-state index contributed by atoms with van der Waals surface area (Å²) in [4.78, 5) is 13.9. The van der Waals surface area contributed by atoms with E-state index in [4.69, 9.17) is 4.42 Å². The number of hydrogen-bond donors (Lipinski definition) is 0. The van der Waals surface area contributed by atoms with Crippen LogP contribution in [-0.4, -0.2) is 34.1 Å². The molecular formula is C17H16F3N3O2. The molecule has 2 heterocycles. The molecule has 0 unspecified atom stereocenters. The molecule has 1 saturated heterocycles. The highest BCUT2D eigenvalue weighted by Gasteiger charge is 2.39. The van der Waals surface area contributed by atoms with Gasteiger partial charge in [0, 0.05) is 25.1 Å². The zero-order valence-electron chi connectivity index (χ0n) is 13.2. The van der Waals surface area contributed by atoms with Gasteiger partial charge in [-0.15, -0.1) is 10.2 Å². The summed E-state index contributed by atoms with van der Waals surface area (Å²) in [5.74, 6) is -1.72. The molecule has 0 N–H and O–H groups in total. The molecule has 0 aliphatic carbocycles. The Hall–Kier alpha value is -2.64. The number of hydrogen-bond acceptors (Lipinski definition) is 4. The quantitative estimate of drug-likeness (QED) is 0.794. The number of halogens is 3. The molecule has 0 radical (unpaired) electrons. The van der Waals surface area contributed by atoms with Crippen LogP contribution in [0.1, 0.15) is 36.1 Å². The number of likely N-dealkylation sites (tertiary alicyclic amines) is 1. The number of amides is 1. The van der Waals surface area contributed by atoms with Crippen LogP contribution in [0.5, 0.6) is 0 Å². The van der Waals surface area contributed by atoms with E-state index < -0.39 is 12.1 Å². The highest BCUT2D eigenvalue weighted by Crippen LogP contribution is 2.32. The summed E-state index contributed by atoms with van der Waals surface area (Å²) >= 11 is 0. The van der Waals surface area contributed by atoms with Crippen LogP contribution in [0.15, 0.2) is 40.8 Å². The van der Waals surface area contributed by atoms with E-state index in [0.29, 0.717) is 25.9 Å². The molecule has 0 atom stereocenters. The predicted molar refractivity (Wildman–Crippen MR) is 83.3 cm³/mol. The van der Waals surface area contributed by atoms with Gasteiger partial charge in [-0.25, -0.2) is 0 Å². The van der Waals surface area contributed by atoms with E-state index in [1.54, 1.807) is 11.0 Å². The van der Waals surface area contributed by atoms with Crippen molar-refractivity contribution in [2.45, 2.75) is 24.9 Å². The molecule has 1 fully saturated rings. The Bertz CT molecular complexity index is 748. The van der Waals surface area contributed by atoms with Gasteiger partial charge in [0.2, 0.25) is 11.8 Å². The maximum atomic E-state index is 12.5. The number of piperidine rings is 1. The van der Waals surface area contributed by atoms with Crippen LogP contribution >= 0.6 is 0 Å². The molecule has 132 valence electrons. The largest absolute Gasteiger partial charge is 0.470 e. The Labute approximate surface area is 142 Å². The summed E-state index contributed by atoms with van der Waals surface area (Å²) in [5, 5.41) is 6.54. The summed E-state index contributed by atoms with van der Waals surface area (Å²) in [7, 11) is 0. The number of benzene rings is 1. The smallest absolute Gasteiger partial charge is 0.417 e. The number of alkyl halides is 3. The van der Waals surface area contributed by atoms with Gasteiger partial charge >= 0.3 is 12.1 Å². The van der Waals surface area contributed by atoms with Crippen LogP contribution < -0.4 is 0 Å². The maximum absolute atomic E-state index is 12.5. The fourth-order valence-electron chi connectivity index (χ4n) is 2.70. The normalized spacial score (nSPS) is 16.5. The number of carbonyl (C=O) groups is 1. The van der Waals surface area contributed by atoms with E-state index in [9.17, 15) is 18.0 Å². The van der Waals surface area contributed by atoms with E-state index in [2.05, 4.69) is 10.2 Å². The van der Waals surface area contributed by atoms with E-state index in [1.807, 2.05) is 30.3 Å². The van der Waals surface area contributed by atoms with Crippen molar-refractivity contribution in [3.8, 4) is 0 Å². The van der Waals surface area contributed by atoms with Gasteiger partial charge in [0.25, 0.3) is 0 Å². The first-order valence-electron chi connectivity index (χ1n) is 7.86. The van der Waals surface area contributed by atoms with Gasteiger partial charge in [0.1, 0.15) is 0 Å². The molecule has 1 aliphatic rings. The van der Waals surface area contributed by atoms with Gasteiger partial charge in [-0.05, 0) is 24.5 Å².